The quantitative estimate of drug-likeness (QED) is 0.225. The van der Waals surface area contributed by atoms with Gasteiger partial charge in [0.2, 0.25) is 11.8 Å². The fourth-order valence-electron chi connectivity index (χ4n) is 4.06. The van der Waals surface area contributed by atoms with E-state index in [9.17, 15) is 19.7 Å². The molecule has 0 aliphatic heterocycles. The Hall–Kier alpha value is -3.65. The van der Waals surface area contributed by atoms with Crippen LogP contribution >= 0.6 is 11.8 Å². The Bertz CT molecular complexity index is 1220. The van der Waals surface area contributed by atoms with Crippen LogP contribution in [0.15, 0.2) is 78.9 Å². The Morgan fingerprint density at radius 1 is 0.974 bits per heavy atom. The molecule has 0 radical (unpaired) electrons. The minimum absolute atomic E-state index is 0.00629. The maximum Gasteiger partial charge on any atom is 0.269 e. The van der Waals surface area contributed by atoms with Crippen molar-refractivity contribution in [3.63, 3.8) is 0 Å². The highest BCUT2D eigenvalue weighted by atomic mass is 32.2. The Kier molecular flexibility index (Phi) is 10.9. The van der Waals surface area contributed by atoms with Gasteiger partial charge in [-0.15, -0.1) is 11.8 Å². The fourth-order valence-corrected chi connectivity index (χ4v) is 4.93. The first kappa shape index (κ1) is 28.9. The van der Waals surface area contributed by atoms with Crippen molar-refractivity contribution in [2.75, 3.05) is 5.75 Å². The van der Waals surface area contributed by atoms with Crippen molar-refractivity contribution in [1.29, 1.82) is 0 Å². The molecular formula is C30H35N3O4S. The maximum atomic E-state index is 13.7. The molecule has 0 saturated heterocycles. The number of carbonyl (C=O) groups excluding carboxylic acids is 2. The topological polar surface area (TPSA) is 92.6 Å². The van der Waals surface area contributed by atoms with E-state index < -0.39 is 11.0 Å². The molecule has 0 fully saturated rings. The molecule has 0 heterocycles. The third kappa shape index (κ3) is 8.73. The number of amides is 2. The van der Waals surface area contributed by atoms with E-state index >= 15 is 0 Å². The van der Waals surface area contributed by atoms with Crippen LogP contribution in [0.25, 0.3) is 0 Å². The molecule has 3 rings (SSSR count). The van der Waals surface area contributed by atoms with Gasteiger partial charge in [-0.2, -0.15) is 0 Å². The molecule has 0 aliphatic rings. The lowest BCUT2D eigenvalue weighted by Crippen LogP contribution is -2.52. The van der Waals surface area contributed by atoms with Crippen molar-refractivity contribution in [3.05, 3.63) is 111 Å². The van der Waals surface area contributed by atoms with Crippen LogP contribution in [0.1, 0.15) is 42.5 Å². The molecule has 3 aromatic carbocycles. The predicted octanol–water partition coefficient (Wildman–Crippen LogP) is 5.69. The van der Waals surface area contributed by atoms with Crippen molar-refractivity contribution in [2.45, 2.75) is 58.0 Å². The van der Waals surface area contributed by atoms with Crippen molar-refractivity contribution in [2.24, 2.45) is 0 Å². The number of nitro groups is 1. The van der Waals surface area contributed by atoms with Gasteiger partial charge in [0.15, 0.2) is 0 Å². The molecule has 0 bridgehead atoms. The summed E-state index contributed by atoms with van der Waals surface area (Å²) in [6, 6.07) is 23.4. The highest BCUT2D eigenvalue weighted by Gasteiger charge is 2.30. The van der Waals surface area contributed by atoms with Crippen LogP contribution in [0, 0.1) is 17.0 Å². The minimum Gasteiger partial charge on any atom is -0.352 e. The first-order valence-electron chi connectivity index (χ1n) is 12.8. The van der Waals surface area contributed by atoms with E-state index in [-0.39, 0.29) is 29.3 Å². The number of hydrogen-bond donors (Lipinski definition) is 1. The number of non-ortho nitro benzene ring substituents is 1. The number of benzene rings is 3. The summed E-state index contributed by atoms with van der Waals surface area (Å²) >= 11 is 1.43. The lowest BCUT2D eigenvalue weighted by Gasteiger charge is -2.32. The van der Waals surface area contributed by atoms with Crippen molar-refractivity contribution >= 4 is 29.3 Å². The predicted molar refractivity (Wildman–Crippen MR) is 153 cm³/mol. The van der Waals surface area contributed by atoms with Crippen LogP contribution in [0.5, 0.6) is 0 Å². The second-order valence-corrected chi connectivity index (χ2v) is 10.4. The van der Waals surface area contributed by atoms with Crippen LogP contribution < -0.4 is 5.32 Å². The Morgan fingerprint density at radius 3 is 2.29 bits per heavy atom. The second kappa shape index (κ2) is 14.3. The van der Waals surface area contributed by atoms with Gasteiger partial charge in [0, 0.05) is 36.9 Å². The van der Waals surface area contributed by atoms with Gasteiger partial charge in [-0.3, -0.25) is 19.7 Å². The van der Waals surface area contributed by atoms with Crippen LogP contribution in [-0.2, 0) is 28.3 Å². The first-order chi connectivity index (χ1) is 18.3. The number of hydrogen-bond acceptors (Lipinski definition) is 5. The van der Waals surface area contributed by atoms with Gasteiger partial charge >= 0.3 is 0 Å². The summed E-state index contributed by atoms with van der Waals surface area (Å²) in [6.07, 6.45) is 1.20. The van der Waals surface area contributed by atoms with Gasteiger partial charge in [-0.05, 0) is 37.0 Å². The molecule has 2 amide bonds. The summed E-state index contributed by atoms with van der Waals surface area (Å²) in [5.74, 6) is 0.429. The van der Waals surface area contributed by atoms with Crippen LogP contribution in [0.4, 0.5) is 5.69 Å². The molecule has 2 atom stereocenters. The SMILES string of the molecule is CC[C@H](C)NC(=O)[C@H](Cc1ccccc1)N(Cc1cccc(C)c1)C(=O)CSCc1ccc([N+](=O)[O-])cc1. The molecule has 3 aromatic rings. The van der Waals surface area contributed by atoms with Crippen LogP contribution in [0.3, 0.4) is 0 Å². The van der Waals surface area contributed by atoms with Gasteiger partial charge in [0.05, 0.1) is 10.7 Å². The highest BCUT2D eigenvalue weighted by Crippen LogP contribution is 2.20. The molecule has 0 aromatic heterocycles. The molecule has 8 heteroatoms. The average Bonchev–Trinajstić information content (AvgIpc) is 2.91. The zero-order valence-electron chi connectivity index (χ0n) is 22.1. The standard InChI is InChI=1S/C30H35N3O4S/c1-4-23(3)31-30(35)28(18-24-10-6-5-7-11-24)32(19-26-12-8-9-22(2)17-26)29(34)21-38-20-25-13-15-27(16-14-25)33(36)37/h5-17,23,28H,4,18-21H2,1-3H3,(H,31,35)/t23-,28-/m0/s1. The molecule has 0 spiro atoms. The number of nitro benzene ring substituents is 1. The number of thioether (sulfide) groups is 1. The Balaban J connectivity index is 1.83. The van der Waals surface area contributed by atoms with Gasteiger partial charge < -0.3 is 10.2 Å². The number of carbonyl (C=O) groups is 2. The molecule has 200 valence electrons. The minimum atomic E-state index is -0.667. The van der Waals surface area contributed by atoms with Gasteiger partial charge in [-0.25, -0.2) is 0 Å². The zero-order valence-corrected chi connectivity index (χ0v) is 22.9. The highest BCUT2D eigenvalue weighted by molar-refractivity contribution is 7.99. The van der Waals surface area contributed by atoms with E-state index in [1.165, 1.54) is 23.9 Å². The molecule has 7 nitrogen and oxygen atoms in total. The first-order valence-corrected chi connectivity index (χ1v) is 13.9. The van der Waals surface area contributed by atoms with Crippen molar-refractivity contribution in [3.8, 4) is 0 Å². The number of aryl methyl sites for hydroxylation is 1. The Morgan fingerprint density at radius 2 is 1.66 bits per heavy atom. The van der Waals surface area contributed by atoms with E-state index in [0.29, 0.717) is 18.7 Å². The van der Waals surface area contributed by atoms with Gasteiger partial charge in [0.25, 0.3) is 5.69 Å². The molecule has 0 aliphatic carbocycles. The molecular weight excluding hydrogens is 498 g/mol. The third-order valence-electron chi connectivity index (χ3n) is 6.35. The van der Waals surface area contributed by atoms with Crippen molar-refractivity contribution in [1.82, 2.24) is 10.2 Å². The average molecular weight is 534 g/mol. The fraction of sp³-hybridized carbons (Fsp3) is 0.333. The van der Waals surface area contributed by atoms with Crippen LogP contribution in [-0.4, -0.2) is 39.5 Å². The van der Waals surface area contributed by atoms with E-state index in [1.54, 1.807) is 17.0 Å². The summed E-state index contributed by atoms with van der Waals surface area (Å²) in [6.45, 7) is 6.31. The lowest BCUT2D eigenvalue weighted by molar-refractivity contribution is -0.384. The van der Waals surface area contributed by atoms with Gasteiger partial charge in [0.1, 0.15) is 6.04 Å². The van der Waals surface area contributed by atoms with Gasteiger partial charge in [-0.1, -0.05) is 79.2 Å². The third-order valence-corrected chi connectivity index (χ3v) is 7.34. The molecule has 0 saturated carbocycles. The van der Waals surface area contributed by atoms with E-state index in [2.05, 4.69) is 5.32 Å². The van der Waals surface area contributed by atoms with Crippen molar-refractivity contribution < 1.29 is 14.5 Å². The summed E-state index contributed by atoms with van der Waals surface area (Å²) in [5, 5.41) is 14.0. The second-order valence-electron chi connectivity index (χ2n) is 9.45. The normalized spacial score (nSPS) is 12.4. The maximum absolute atomic E-state index is 13.7. The monoisotopic (exact) mass is 533 g/mol. The molecule has 38 heavy (non-hydrogen) atoms. The van der Waals surface area contributed by atoms with Crippen LogP contribution in [0.2, 0.25) is 0 Å². The molecule has 1 N–H and O–H groups in total. The number of nitrogens with zero attached hydrogens (tertiary/aromatic N) is 2. The van der Waals surface area contributed by atoms with E-state index in [1.807, 2.05) is 75.4 Å². The zero-order chi connectivity index (χ0) is 27.5. The van der Waals surface area contributed by atoms with E-state index in [0.717, 1.165) is 28.7 Å². The summed E-state index contributed by atoms with van der Waals surface area (Å²) < 4.78 is 0. The Labute approximate surface area is 228 Å². The smallest absolute Gasteiger partial charge is 0.269 e. The number of rotatable bonds is 13. The summed E-state index contributed by atoms with van der Waals surface area (Å²) in [5.41, 5.74) is 3.97. The number of nitrogens with one attached hydrogen (secondary N) is 1. The van der Waals surface area contributed by atoms with E-state index in [4.69, 9.17) is 0 Å². The summed E-state index contributed by atoms with van der Waals surface area (Å²) in [7, 11) is 0. The largest absolute Gasteiger partial charge is 0.352 e. The lowest BCUT2D eigenvalue weighted by atomic mass is 10.0. The molecule has 0 unspecified atom stereocenters. The summed E-state index contributed by atoms with van der Waals surface area (Å²) in [4.78, 5) is 39.4.